The Morgan fingerprint density at radius 1 is 1.15 bits per heavy atom. The molecule has 0 radical (unpaired) electrons. The van der Waals surface area contributed by atoms with E-state index in [4.69, 9.17) is 23.2 Å². The highest BCUT2D eigenvalue weighted by molar-refractivity contribution is 6.42. The van der Waals surface area contributed by atoms with Crippen LogP contribution >= 0.6 is 23.2 Å². The molecule has 2 heterocycles. The molecule has 0 spiro atoms. The summed E-state index contributed by atoms with van der Waals surface area (Å²) >= 11 is 12.0. The quantitative estimate of drug-likeness (QED) is 0.773. The molecular weight excluding hydrogens is 295 g/mol. The first kappa shape index (κ1) is 13.4. The fraction of sp³-hybridized carbons (Fsp3) is 0.133. The Bertz CT molecular complexity index is 796. The van der Waals surface area contributed by atoms with Gasteiger partial charge in [0.1, 0.15) is 5.65 Å². The molecule has 3 aromatic rings. The number of pyridine rings is 1. The number of nitrogens with zero attached hydrogens (tertiary/aromatic N) is 2. The number of aliphatic hydroxyl groups is 1. The third-order valence-electron chi connectivity index (χ3n) is 3.31. The molecule has 3 rings (SSSR count). The van der Waals surface area contributed by atoms with Gasteiger partial charge in [-0.25, -0.2) is 4.98 Å². The number of halogens is 2. The largest absolute Gasteiger partial charge is 0.392 e. The molecule has 20 heavy (non-hydrogen) atoms. The topological polar surface area (TPSA) is 37.5 Å². The zero-order chi connectivity index (χ0) is 14.3. The Hall–Kier alpha value is -1.55. The molecule has 0 bridgehead atoms. The van der Waals surface area contributed by atoms with Crippen LogP contribution in [0.2, 0.25) is 10.0 Å². The maximum absolute atomic E-state index is 9.19. The van der Waals surface area contributed by atoms with Gasteiger partial charge in [0.15, 0.2) is 0 Å². The van der Waals surface area contributed by atoms with Gasteiger partial charge in [-0.15, -0.1) is 0 Å². The molecule has 2 aromatic heterocycles. The summed E-state index contributed by atoms with van der Waals surface area (Å²) in [6, 6.07) is 9.22. The van der Waals surface area contributed by atoms with Crippen molar-refractivity contribution in [1.29, 1.82) is 0 Å². The van der Waals surface area contributed by atoms with Crippen LogP contribution in [0.5, 0.6) is 0 Å². The third-order valence-corrected chi connectivity index (χ3v) is 4.04. The monoisotopic (exact) mass is 306 g/mol. The maximum Gasteiger partial charge on any atom is 0.138 e. The van der Waals surface area contributed by atoms with E-state index in [9.17, 15) is 5.11 Å². The van der Waals surface area contributed by atoms with Gasteiger partial charge in [0, 0.05) is 17.5 Å². The third kappa shape index (κ3) is 2.18. The summed E-state index contributed by atoms with van der Waals surface area (Å²) in [7, 11) is 0. The first-order valence-electron chi connectivity index (χ1n) is 6.14. The van der Waals surface area contributed by atoms with Crippen molar-refractivity contribution < 1.29 is 5.11 Å². The SMILES string of the molecule is Cc1c(-c2ccc(Cl)c(Cl)c2)nc2cc(CO)ccn12. The average molecular weight is 307 g/mol. The van der Waals surface area contributed by atoms with E-state index in [1.807, 2.05) is 41.8 Å². The van der Waals surface area contributed by atoms with Crippen LogP contribution < -0.4 is 0 Å². The van der Waals surface area contributed by atoms with Crippen molar-refractivity contribution in [3.63, 3.8) is 0 Å². The van der Waals surface area contributed by atoms with E-state index in [-0.39, 0.29) is 6.61 Å². The fourth-order valence-electron chi connectivity index (χ4n) is 2.22. The van der Waals surface area contributed by atoms with Gasteiger partial charge >= 0.3 is 0 Å². The van der Waals surface area contributed by atoms with Crippen LogP contribution in [0.25, 0.3) is 16.9 Å². The predicted octanol–water partition coefficient (Wildman–Crippen LogP) is 4.11. The minimum absolute atomic E-state index is 0.00448. The van der Waals surface area contributed by atoms with Gasteiger partial charge in [0.2, 0.25) is 0 Å². The van der Waals surface area contributed by atoms with Crippen molar-refractivity contribution in [3.05, 3.63) is 57.8 Å². The molecule has 0 atom stereocenters. The molecule has 0 aliphatic heterocycles. The molecule has 1 N–H and O–H groups in total. The first-order chi connectivity index (χ1) is 9.60. The molecule has 0 unspecified atom stereocenters. The highest BCUT2D eigenvalue weighted by atomic mass is 35.5. The minimum atomic E-state index is 0.00448. The summed E-state index contributed by atoms with van der Waals surface area (Å²) in [5, 5.41) is 10.2. The van der Waals surface area contributed by atoms with E-state index in [1.165, 1.54) is 0 Å². The molecule has 3 nitrogen and oxygen atoms in total. The standard InChI is InChI=1S/C15H12Cl2N2O/c1-9-15(11-2-3-12(16)13(17)7-11)18-14-6-10(8-20)4-5-19(9)14/h2-7,20H,8H2,1H3. The van der Waals surface area contributed by atoms with Crippen molar-refractivity contribution in [2.45, 2.75) is 13.5 Å². The number of benzene rings is 1. The Morgan fingerprint density at radius 2 is 1.95 bits per heavy atom. The number of aryl methyl sites for hydroxylation is 1. The van der Waals surface area contributed by atoms with E-state index in [0.717, 1.165) is 28.2 Å². The summed E-state index contributed by atoms with van der Waals surface area (Å²) in [5.74, 6) is 0. The number of aromatic nitrogens is 2. The normalized spacial score (nSPS) is 11.2. The molecule has 0 aliphatic rings. The zero-order valence-corrected chi connectivity index (χ0v) is 12.3. The Morgan fingerprint density at radius 3 is 2.65 bits per heavy atom. The number of fused-ring (bicyclic) bond motifs is 1. The van der Waals surface area contributed by atoms with Gasteiger partial charge in [0.05, 0.1) is 22.3 Å². The van der Waals surface area contributed by atoms with Gasteiger partial charge in [-0.2, -0.15) is 0 Å². The number of rotatable bonds is 2. The minimum Gasteiger partial charge on any atom is -0.392 e. The summed E-state index contributed by atoms with van der Waals surface area (Å²) < 4.78 is 1.98. The number of hydrogen-bond donors (Lipinski definition) is 1. The lowest BCUT2D eigenvalue weighted by molar-refractivity contribution is 0.282. The van der Waals surface area contributed by atoms with E-state index < -0.39 is 0 Å². The van der Waals surface area contributed by atoms with Crippen LogP contribution in [0.1, 0.15) is 11.3 Å². The number of hydrogen-bond acceptors (Lipinski definition) is 2. The Kier molecular flexibility index (Phi) is 3.42. The summed E-state index contributed by atoms with van der Waals surface area (Å²) in [5.41, 5.74) is 4.44. The van der Waals surface area contributed by atoms with Crippen LogP contribution in [0, 0.1) is 6.92 Å². The van der Waals surface area contributed by atoms with Crippen molar-refractivity contribution in [2.24, 2.45) is 0 Å². The number of aliphatic hydroxyl groups excluding tert-OH is 1. The van der Waals surface area contributed by atoms with Gasteiger partial charge in [-0.05, 0) is 36.8 Å². The van der Waals surface area contributed by atoms with Crippen LogP contribution in [-0.4, -0.2) is 14.5 Å². The van der Waals surface area contributed by atoms with Crippen molar-refractivity contribution >= 4 is 28.8 Å². The molecule has 0 amide bonds. The number of imidazole rings is 1. The Balaban J connectivity index is 2.20. The first-order valence-corrected chi connectivity index (χ1v) is 6.89. The van der Waals surface area contributed by atoms with Gasteiger partial charge in [-0.1, -0.05) is 29.3 Å². The van der Waals surface area contributed by atoms with E-state index >= 15 is 0 Å². The van der Waals surface area contributed by atoms with E-state index in [1.54, 1.807) is 6.07 Å². The lowest BCUT2D eigenvalue weighted by atomic mass is 10.1. The van der Waals surface area contributed by atoms with Gasteiger partial charge in [-0.3, -0.25) is 0 Å². The molecule has 0 saturated heterocycles. The highest BCUT2D eigenvalue weighted by Crippen LogP contribution is 2.30. The molecule has 102 valence electrons. The van der Waals surface area contributed by atoms with Crippen LogP contribution in [0.15, 0.2) is 36.5 Å². The fourth-order valence-corrected chi connectivity index (χ4v) is 2.52. The van der Waals surface area contributed by atoms with Crippen LogP contribution in [0.3, 0.4) is 0 Å². The van der Waals surface area contributed by atoms with Crippen LogP contribution in [0.4, 0.5) is 0 Å². The van der Waals surface area contributed by atoms with Crippen molar-refractivity contribution in [2.75, 3.05) is 0 Å². The predicted molar refractivity (Wildman–Crippen MR) is 81.3 cm³/mol. The van der Waals surface area contributed by atoms with E-state index in [0.29, 0.717) is 10.0 Å². The van der Waals surface area contributed by atoms with Gasteiger partial charge in [0.25, 0.3) is 0 Å². The summed E-state index contributed by atoms with van der Waals surface area (Å²) in [4.78, 5) is 4.61. The lowest BCUT2D eigenvalue weighted by Crippen LogP contribution is -1.90. The smallest absolute Gasteiger partial charge is 0.138 e. The van der Waals surface area contributed by atoms with Crippen molar-refractivity contribution in [1.82, 2.24) is 9.38 Å². The zero-order valence-electron chi connectivity index (χ0n) is 10.8. The second kappa shape index (κ2) is 5.09. The molecule has 0 saturated carbocycles. The van der Waals surface area contributed by atoms with E-state index in [2.05, 4.69) is 4.98 Å². The average Bonchev–Trinajstić information content (AvgIpc) is 2.78. The maximum atomic E-state index is 9.19. The molecule has 0 aliphatic carbocycles. The Labute approximate surface area is 126 Å². The second-order valence-corrected chi connectivity index (χ2v) is 5.41. The second-order valence-electron chi connectivity index (χ2n) is 4.60. The summed E-state index contributed by atoms with van der Waals surface area (Å²) in [6.07, 6.45) is 1.91. The molecule has 5 heteroatoms. The van der Waals surface area contributed by atoms with Crippen molar-refractivity contribution in [3.8, 4) is 11.3 Å². The molecule has 1 aromatic carbocycles. The van der Waals surface area contributed by atoms with Gasteiger partial charge < -0.3 is 9.51 Å². The highest BCUT2D eigenvalue weighted by Gasteiger charge is 2.12. The summed E-state index contributed by atoms with van der Waals surface area (Å²) in [6.45, 7) is 2.00. The molecular formula is C15H12Cl2N2O. The van der Waals surface area contributed by atoms with Crippen LogP contribution in [-0.2, 0) is 6.61 Å². The molecule has 0 fully saturated rings. The lowest BCUT2D eigenvalue weighted by Gasteiger charge is -2.02.